The molecule has 1 aromatic rings. The molecule has 2 fully saturated rings. The summed E-state index contributed by atoms with van der Waals surface area (Å²) in [6, 6.07) is 2.29. The number of hydrogen-bond donors (Lipinski definition) is 2. The Morgan fingerprint density at radius 2 is 2.11 bits per heavy atom. The van der Waals surface area contributed by atoms with Crippen LogP contribution >= 0.6 is 0 Å². The van der Waals surface area contributed by atoms with E-state index in [0.29, 0.717) is 12.1 Å². The number of carbonyl (C=O) groups excluding carboxylic acids is 1. The van der Waals surface area contributed by atoms with E-state index in [4.69, 9.17) is 0 Å². The summed E-state index contributed by atoms with van der Waals surface area (Å²) in [7, 11) is 0. The lowest BCUT2D eigenvalue weighted by Crippen LogP contribution is -2.35. The van der Waals surface area contributed by atoms with Gasteiger partial charge in [0.1, 0.15) is 6.54 Å². The van der Waals surface area contributed by atoms with Crippen molar-refractivity contribution in [2.75, 3.05) is 5.32 Å². The quantitative estimate of drug-likeness (QED) is 0.809. The van der Waals surface area contributed by atoms with E-state index in [2.05, 4.69) is 15.7 Å². The third kappa shape index (κ3) is 3.13. The molecule has 0 atom stereocenters. The van der Waals surface area contributed by atoms with Gasteiger partial charge < -0.3 is 10.6 Å². The maximum absolute atomic E-state index is 11.8. The Kier molecular flexibility index (Phi) is 3.23. The minimum Gasteiger partial charge on any atom is -0.381 e. The maximum atomic E-state index is 11.8. The van der Waals surface area contributed by atoms with Crippen LogP contribution in [0.15, 0.2) is 17.1 Å². The van der Waals surface area contributed by atoms with Crippen LogP contribution in [0.3, 0.4) is 0 Å². The Hall–Kier alpha value is -1.85. The van der Waals surface area contributed by atoms with Gasteiger partial charge in [0.05, 0.1) is 11.9 Å². The number of rotatable bonds is 5. The minimum atomic E-state index is -0.240. The molecule has 0 spiro atoms. The van der Waals surface area contributed by atoms with Crippen LogP contribution in [0.25, 0.3) is 0 Å². The molecule has 0 bridgehead atoms. The van der Waals surface area contributed by atoms with E-state index in [-0.39, 0.29) is 18.0 Å². The number of nitrogens with one attached hydrogen (secondary N) is 2. The van der Waals surface area contributed by atoms with Crippen LogP contribution in [0.2, 0.25) is 0 Å². The summed E-state index contributed by atoms with van der Waals surface area (Å²) < 4.78 is 1.20. The van der Waals surface area contributed by atoms with Crippen molar-refractivity contribution in [1.29, 1.82) is 0 Å². The molecule has 1 amide bonds. The summed E-state index contributed by atoms with van der Waals surface area (Å²) in [5.41, 5.74) is 0.504. The number of nitrogens with zero attached hydrogens (tertiary/aromatic N) is 2. The molecule has 102 valence electrons. The first kappa shape index (κ1) is 12.2. The van der Waals surface area contributed by atoms with Gasteiger partial charge in [0.2, 0.25) is 5.91 Å². The molecule has 0 aliphatic heterocycles. The molecule has 2 aliphatic carbocycles. The second-order valence-corrected chi connectivity index (χ2v) is 5.35. The largest absolute Gasteiger partial charge is 0.381 e. The standard InChI is InChI=1S/C13H18N4O2/c18-12(16-10-4-5-10)8-17-13(19)6-11(7-14-17)15-9-2-1-3-9/h6-7,9-10,15H,1-5,8H2,(H,16,18). The van der Waals surface area contributed by atoms with Gasteiger partial charge >= 0.3 is 0 Å². The van der Waals surface area contributed by atoms with Crippen molar-refractivity contribution in [3.8, 4) is 0 Å². The molecule has 19 heavy (non-hydrogen) atoms. The van der Waals surface area contributed by atoms with Crippen molar-refractivity contribution in [2.24, 2.45) is 0 Å². The molecule has 1 heterocycles. The van der Waals surface area contributed by atoms with Gasteiger partial charge in [-0.3, -0.25) is 9.59 Å². The third-order valence-electron chi connectivity index (χ3n) is 3.58. The van der Waals surface area contributed by atoms with Crippen molar-refractivity contribution in [3.05, 3.63) is 22.6 Å². The molecule has 0 aromatic carbocycles. The summed E-state index contributed by atoms with van der Waals surface area (Å²) in [5.74, 6) is -0.142. The van der Waals surface area contributed by atoms with Gasteiger partial charge in [0.15, 0.2) is 0 Å². The lowest BCUT2D eigenvalue weighted by atomic mass is 9.93. The van der Waals surface area contributed by atoms with Crippen LogP contribution in [0.5, 0.6) is 0 Å². The van der Waals surface area contributed by atoms with E-state index in [9.17, 15) is 9.59 Å². The second kappa shape index (κ2) is 5.03. The number of carbonyl (C=O) groups is 1. The average molecular weight is 262 g/mol. The van der Waals surface area contributed by atoms with Crippen molar-refractivity contribution < 1.29 is 4.79 Å². The highest BCUT2D eigenvalue weighted by molar-refractivity contribution is 5.76. The number of hydrogen-bond acceptors (Lipinski definition) is 4. The molecule has 1 aromatic heterocycles. The smallest absolute Gasteiger partial charge is 0.269 e. The maximum Gasteiger partial charge on any atom is 0.269 e. The number of aromatic nitrogens is 2. The van der Waals surface area contributed by atoms with E-state index < -0.39 is 0 Å². The summed E-state index contributed by atoms with van der Waals surface area (Å²) in [4.78, 5) is 23.5. The molecule has 0 saturated heterocycles. The molecule has 2 saturated carbocycles. The molecule has 3 rings (SSSR count). The highest BCUT2D eigenvalue weighted by atomic mass is 16.2. The summed E-state index contributed by atoms with van der Waals surface area (Å²) in [5, 5.41) is 10.1. The number of amides is 1. The van der Waals surface area contributed by atoms with Crippen LogP contribution in [-0.2, 0) is 11.3 Å². The van der Waals surface area contributed by atoms with Gasteiger partial charge in [-0.15, -0.1) is 0 Å². The topological polar surface area (TPSA) is 76.0 Å². The monoisotopic (exact) mass is 262 g/mol. The zero-order valence-electron chi connectivity index (χ0n) is 10.8. The average Bonchev–Trinajstić information content (AvgIpc) is 3.11. The van der Waals surface area contributed by atoms with Gasteiger partial charge in [-0.2, -0.15) is 5.10 Å². The highest BCUT2D eigenvalue weighted by Crippen LogP contribution is 2.22. The number of anilines is 1. The summed E-state index contributed by atoms with van der Waals surface area (Å²) >= 11 is 0. The molecule has 2 N–H and O–H groups in total. The van der Waals surface area contributed by atoms with Crippen LogP contribution in [0.1, 0.15) is 32.1 Å². The summed E-state index contributed by atoms with van der Waals surface area (Å²) in [6.07, 6.45) is 7.23. The van der Waals surface area contributed by atoms with Gasteiger partial charge in [0, 0.05) is 18.2 Å². The Balaban J connectivity index is 1.61. The van der Waals surface area contributed by atoms with Crippen LogP contribution in [0.4, 0.5) is 5.69 Å². The first-order chi connectivity index (χ1) is 9.20. The van der Waals surface area contributed by atoms with E-state index in [1.54, 1.807) is 6.20 Å². The van der Waals surface area contributed by atoms with E-state index >= 15 is 0 Å². The SMILES string of the molecule is O=C(Cn1ncc(NC2CCC2)cc1=O)NC1CC1. The fourth-order valence-corrected chi connectivity index (χ4v) is 2.06. The first-order valence-electron chi connectivity index (χ1n) is 6.84. The lowest BCUT2D eigenvalue weighted by molar-refractivity contribution is -0.122. The second-order valence-electron chi connectivity index (χ2n) is 5.35. The highest BCUT2D eigenvalue weighted by Gasteiger charge is 2.23. The normalized spacial score (nSPS) is 18.7. The molecular weight excluding hydrogens is 244 g/mol. The van der Waals surface area contributed by atoms with Crippen LogP contribution in [-0.4, -0.2) is 27.8 Å². The molecular formula is C13H18N4O2. The van der Waals surface area contributed by atoms with Crippen molar-refractivity contribution in [2.45, 2.75) is 50.7 Å². The molecule has 0 unspecified atom stereocenters. The zero-order chi connectivity index (χ0) is 13.2. The molecule has 2 aliphatic rings. The predicted molar refractivity (Wildman–Crippen MR) is 70.9 cm³/mol. The third-order valence-corrected chi connectivity index (χ3v) is 3.58. The van der Waals surface area contributed by atoms with Crippen molar-refractivity contribution in [3.63, 3.8) is 0 Å². The van der Waals surface area contributed by atoms with Crippen LogP contribution < -0.4 is 16.2 Å². The van der Waals surface area contributed by atoms with Gasteiger partial charge in [-0.05, 0) is 32.1 Å². The lowest BCUT2D eigenvalue weighted by Gasteiger charge is -2.27. The minimum absolute atomic E-state index is 0.000950. The Morgan fingerprint density at radius 3 is 2.68 bits per heavy atom. The van der Waals surface area contributed by atoms with E-state index in [0.717, 1.165) is 31.4 Å². The van der Waals surface area contributed by atoms with Crippen molar-refractivity contribution >= 4 is 11.6 Å². The fourth-order valence-electron chi connectivity index (χ4n) is 2.06. The summed E-state index contributed by atoms with van der Waals surface area (Å²) in [6.45, 7) is -0.000950. The van der Waals surface area contributed by atoms with Gasteiger partial charge in [0.25, 0.3) is 5.56 Å². The van der Waals surface area contributed by atoms with Crippen LogP contribution in [0, 0.1) is 0 Å². The Morgan fingerprint density at radius 1 is 1.32 bits per heavy atom. The first-order valence-corrected chi connectivity index (χ1v) is 6.84. The van der Waals surface area contributed by atoms with Crippen molar-refractivity contribution in [1.82, 2.24) is 15.1 Å². The zero-order valence-corrected chi connectivity index (χ0v) is 10.8. The van der Waals surface area contributed by atoms with Gasteiger partial charge in [-0.1, -0.05) is 0 Å². The Labute approximate surface area is 111 Å². The van der Waals surface area contributed by atoms with E-state index in [1.807, 2.05) is 0 Å². The predicted octanol–water partition coefficient (Wildman–Crippen LogP) is 0.486. The fraction of sp³-hybridized carbons (Fsp3) is 0.615. The van der Waals surface area contributed by atoms with Gasteiger partial charge in [-0.25, -0.2) is 4.68 Å². The molecule has 0 radical (unpaired) electrons. The molecule has 6 heteroatoms. The Bertz CT molecular complexity index is 532. The van der Waals surface area contributed by atoms with E-state index in [1.165, 1.54) is 17.2 Å². The molecule has 6 nitrogen and oxygen atoms in total.